The molecular weight excluding hydrogens is 385 g/mol. The molecule has 2 rings (SSSR count). The summed E-state index contributed by atoms with van der Waals surface area (Å²) in [4.78, 5) is -0.0290. The van der Waals surface area contributed by atoms with E-state index in [0.29, 0.717) is 5.02 Å². The van der Waals surface area contributed by atoms with Crippen LogP contribution >= 0.6 is 39.1 Å². The number of benzene rings is 2. The first-order chi connectivity index (χ1) is 9.40. The van der Waals surface area contributed by atoms with Gasteiger partial charge in [-0.1, -0.05) is 57.3 Å². The van der Waals surface area contributed by atoms with E-state index in [1.54, 1.807) is 0 Å². The van der Waals surface area contributed by atoms with Crippen LogP contribution in [0.5, 0.6) is 0 Å². The Morgan fingerprint density at radius 3 is 2.50 bits per heavy atom. The molecule has 0 atom stereocenters. The van der Waals surface area contributed by atoms with Gasteiger partial charge in [-0.3, -0.25) is 0 Å². The van der Waals surface area contributed by atoms with Gasteiger partial charge in [-0.2, -0.15) is 0 Å². The van der Waals surface area contributed by atoms with Crippen LogP contribution in [0, 0.1) is 0 Å². The Bertz CT molecular complexity index is 735. The Morgan fingerprint density at radius 2 is 1.80 bits per heavy atom. The van der Waals surface area contributed by atoms with Crippen molar-refractivity contribution in [1.29, 1.82) is 0 Å². The predicted molar refractivity (Wildman–Crippen MR) is 84.6 cm³/mol. The fraction of sp³-hybridized carbons (Fsp3) is 0.0769. The van der Waals surface area contributed by atoms with Gasteiger partial charge in [0.1, 0.15) is 4.90 Å². The minimum absolute atomic E-state index is 0.0290. The summed E-state index contributed by atoms with van der Waals surface area (Å²) in [6, 6.07) is 11.7. The van der Waals surface area contributed by atoms with Crippen LogP contribution in [0.3, 0.4) is 0 Å². The zero-order valence-electron chi connectivity index (χ0n) is 10.1. The topological polar surface area (TPSA) is 46.2 Å². The third-order valence-electron chi connectivity index (χ3n) is 2.59. The molecule has 0 saturated carbocycles. The van der Waals surface area contributed by atoms with Crippen molar-refractivity contribution >= 4 is 49.2 Å². The van der Waals surface area contributed by atoms with E-state index in [4.69, 9.17) is 23.2 Å². The van der Waals surface area contributed by atoms with Crippen molar-refractivity contribution in [1.82, 2.24) is 4.72 Å². The Hall–Kier alpha value is -0.590. The van der Waals surface area contributed by atoms with Gasteiger partial charge >= 0.3 is 0 Å². The number of hydrogen-bond donors (Lipinski definition) is 1. The fourth-order valence-corrected chi connectivity index (χ4v) is 3.77. The molecule has 106 valence electrons. The Kier molecular flexibility index (Phi) is 5.09. The van der Waals surface area contributed by atoms with E-state index >= 15 is 0 Å². The summed E-state index contributed by atoms with van der Waals surface area (Å²) >= 11 is 15.1. The molecule has 20 heavy (non-hydrogen) atoms. The van der Waals surface area contributed by atoms with Crippen molar-refractivity contribution in [3.8, 4) is 0 Å². The molecule has 0 amide bonds. The largest absolute Gasteiger partial charge is 0.242 e. The maximum absolute atomic E-state index is 12.2. The second-order valence-corrected chi connectivity index (χ2v) is 7.42. The van der Waals surface area contributed by atoms with Gasteiger partial charge in [-0.15, -0.1) is 0 Å². The molecule has 0 radical (unpaired) electrons. The molecule has 0 unspecified atom stereocenters. The summed E-state index contributed by atoms with van der Waals surface area (Å²) in [6.45, 7) is 0.159. The van der Waals surface area contributed by atoms with Crippen molar-refractivity contribution < 1.29 is 8.42 Å². The Balaban J connectivity index is 2.24. The highest BCUT2D eigenvalue weighted by Gasteiger charge is 2.18. The second kappa shape index (κ2) is 6.45. The summed E-state index contributed by atoms with van der Waals surface area (Å²) in [6.07, 6.45) is 0. The van der Waals surface area contributed by atoms with Crippen LogP contribution < -0.4 is 4.72 Å². The van der Waals surface area contributed by atoms with E-state index in [1.807, 2.05) is 24.3 Å². The standard InChI is InChI=1S/C13H10BrCl2NO2S/c14-11-4-2-1-3-9(11)8-17-20(18,19)13-7-10(15)5-6-12(13)16/h1-7,17H,8H2. The van der Waals surface area contributed by atoms with Gasteiger partial charge in [0.25, 0.3) is 0 Å². The Labute approximate surface area is 136 Å². The molecule has 0 aliphatic heterocycles. The highest BCUT2D eigenvalue weighted by atomic mass is 79.9. The van der Waals surface area contributed by atoms with E-state index in [9.17, 15) is 8.42 Å². The van der Waals surface area contributed by atoms with Gasteiger partial charge < -0.3 is 0 Å². The van der Waals surface area contributed by atoms with Crippen molar-refractivity contribution in [3.63, 3.8) is 0 Å². The van der Waals surface area contributed by atoms with Crippen molar-refractivity contribution in [3.05, 3.63) is 62.5 Å². The molecule has 0 spiro atoms. The lowest BCUT2D eigenvalue weighted by atomic mass is 10.2. The van der Waals surface area contributed by atoms with Crippen molar-refractivity contribution in [2.24, 2.45) is 0 Å². The lowest BCUT2D eigenvalue weighted by molar-refractivity contribution is 0.581. The van der Waals surface area contributed by atoms with E-state index in [0.717, 1.165) is 10.0 Å². The fourth-order valence-electron chi connectivity index (χ4n) is 1.58. The normalized spacial score (nSPS) is 11.6. The van der Waals surface area contributed by atoms with Crippen LogP contribution in [0.15, 0.2) is 51.8 Å². The maximum atomic E-state index is 12.2. The van der Waals surface area contributed by atoms with Crippen LogP contribution in [0.2, 0.25) is 10.0 Å². The van der Waals surface area contributed by atoms with Gasteiger partial charge in [0, 0.05) is 16.0 Å². The van der Waals surface area contributed by atoms with Crippen LogP contribution in [0.4, 0.5) is 0 Å². The van der Waals surface area contributed by atoms with Crippen LogP contribution in [-0.4, -0.2) is 8.42 Å². The lowest BCUT2D eigenvalue weighted by Crippen LogP contribution is -2.23. The first-order valence-electron chi connectivity index (χ1n) is 5.58. The molecular formula is C13H10BrCl2NO2S. The average Bonchev–Trinajstić information content (AvgIpc) is 2.40. The highest BCUT2D eigenvalue weighted by molar-refractivity contribution is 9.10. The summed E-state index contributed by atoms with van der Waals surface area (Å²) in [7, 11) is -3.72. The molecule has 0 heterocycles. The number of rotatable bonds is 4. The zero-order chi connectivity index (χ0) is 14.8. The molecule has 0 fully saturated rings. The third-order valence-corrected chi connectivity index (χ3v) is 5.48. The number of nitrogens with one attached hydrogen (secondary N) is 1. The van der Waals surface area contributed by atoms with E-state index < -0.39 is 10.0 Å². The lowest BCUT2D eigenvalue weighted by Gasteiger charge is -2.09. The van der Waals surface area contributed by atoms with E-state index in [-0.39, 0.29) is 16.5 Å². The SMILES string of the molecule is O=S(=O)(NCc1ccccc1Br)c1cc(Cl)ccc1Cl. The second-order valence-electron chi connectivity index (χ2n) is 3.99. The minimum atomic E-state index is -3.72. The third kappa shape index (κ3) is 3.74. The molecule has 3 nitrogen and oxygen atoms in total. The molecule has 2 aromatic rings. The maximum Gasteiger partial charge on any atom is 0.242 e. The molecule has 0 bridgehead atoms. The quantitative estimate of drug-likeness (QED) is 0.843. The minimum Gasteiger partial charge on any atom is -0.207 e. The molecule has 0 aromatic heterocycles. The highest BCUT2D eigenvalue weighted by Crippen LogP contribution is 2.25. The molecule has 1 N–H and O–H groups in total. The van der Waals surface area contributed by atoms with Crippen molar-refractivity contribution in [2.75, 3.05) is 0 Å². The van der Waals surface area contributed by atoms with Gasteiger partial charge in [0.2, 0.25) is 10.0 Å². The van der Waals surface area contributed by atoms with Crippen LogP contribution in [-0.2, 0) is 16.6 Å². The monoisotopic (exact) mass is 393 g/mol. The number of sulfonamides is 1. The van der Waals surface area contributed by atoms with Gasteiger partial charge in [-0.05, 0) is 29.8 Å². The summed E-state index contributed by atoms with van der Waals surface area (Å²) in [5, 5.41) is 0.449. The van der Waals surface area contributed by atoms with Crippen molar-refractivity contribution in [2.45, 2.75) is 11.4 Å². The summed E-state index contributed by atoms with van der Waals surface area (Å²) < 4.78 is 27.8. The molecule has 2 aromatic carbocycles. The molecule has 7 heteroatoms. The van der Waals surface area contributed by atoms with Gasteiger partial charge in [0.05, 0.1) is 5.02 Å². The van der Waals surface area contributed by atoms with Crippen LogP contribution in [0.1, 0.15) is 5.56 Å². The first-order valence-corrected chi connectivity index (χ1v) is 8.61. The number of halogens is 3. The summed E-state index contributed by atoms with van der Waals surface area (Å²) in [5.74, 6) is 0. The number of hydrogen-bond acceptors (Lipinski definition) is 2. The molecule has 0 saturated heterocycles. The van der Waals surface area contributed by atoms with Gasteiger partial charge in [0.15, 0.2) is 0 Å². The first kappa shape index (κ1) is 15.8. The zero-order valence-corrected chi connectivity index (χ0v) is 14.0. The summed E-state index contributed by atoms with van der Waals surface area (Å²) in [5.41, 5.74) is 0.828. The van der Waals surface area contributed by atoms with Gasteiger partial charge in [-0.25, -0.2) is 13.1 Å². The average molecular weight is 395 g/mol. The smallest absolute Gasteiger partial charge is 0.207 e. The Morgan fingerprint density at radius 1 is 1.10 bits per heavy atom. The van der Waals surface area contributed by atoms with E-state index in [1.165, 1.54) is 18.2 Å². The van der Waals surface area contributed by atoms with Crippen LogP contribution in [0.25, 0.3) is 0 Å². The predicted octanol–water partition coefficient (Wildman–Crippen LogP) is 4.23. The molecule has 0 aliphatic rings. The molecule has 0 aliphatic carbocycles. The van der Waals surface area contributed by atoms with E-state index in [2.05, 4.69) is 20.7 Å².